The Balaban J connectivity index is 2.84. The molecular weight excluding hydrogens is 210 g/mol. The van der Waals surface area contributed by atoms with Gasteiger partial charge in [-0.3, -0.25) is 10.1 Å². The molecule has 0 aromatic heterocycles. The Morgan fingerprint density at radius 3 is 2.50 bits per heavy atom. The van der Waals surface area contributed by atoms with Gasteiger partial charge in [0, 0.05) is 17.7 Å². The molecule has 0 unspecified atom stereocenters. The number of carbonyl (C=O) groups excluding carboxylic acids is 1. The predicted molar refractivity (Wildman–Crippen MR) is 54.9 cm³/mol. The van der Waals surface area contributed by atoms with E-state index in [0.717, 1.165) is 6.07 Å². The van der Waals surface area contributed by atoms with Crippen molar-refractivity contribution in [1.82, 2.24) is 0 Å². The third-order valence-corrected chi connectivity index (χ3v) is 2.28. The maximum atomic E-state index is 10.9. The van der Waals surface area contributed by atoms with Crippen LogP contribution in [0.3, 0.4) is 0 Å². The van der Waals surface area contributed by atoms with Gasteiger partial charge in [0.25, 0.3) is 5.69 Å². The molecule has 0 N–H and O–H groups in total. The third-order valence-electron chi connectivity index (χ3n) is 2.28. The summed E-state index contributed by atoms with van der Waals surface area (Å²) in [6, 6.07) is 8.91. The van der Waals surface area contributed by atoms with E-state index in [1.165, 1.54) is 6.07 Å². The molecular formula is C11H6NO4-. The largest absolute Gasteiger partial charge is 0.545 e. The van der Waals surface area contributed by atoms with E-state index in [1.807, 2.05) is 0 Å². The minimum absolute atomic E-state index is 0.162. The second-order valence-electron chi connectivity index (χ2n) is 3.26. The van der Waals surface area contributed by atoms with Crippen LogP contribution in [-0.2, 0) is 0 Å². The number of non-ortho nitro benzene ring substituents is 1. The summed E-state index contributed by atoms with van der Waals surface area (Å²) in [4.78, 5) is 20.8. The van der Waals surface area contributed by atoms with E-state index in [1.54, 1.807) is 24.3 Å². The van der Waals surface area contributed by atoms with Gasteiger partial charge in [-0.2, -0.15) is 0 Å². The van der Waals surface area contributed by atoms with Gasteiger partial charge in [0.15, 0.2) is 0 Å². The summed E-state index contributed by atoms with van der Waals surface area (Å²) in [5.41, 5.74) is -0.414. The lowest BCUT2D eigenvalue weighted by molar-refractivity contribution is -0.384. The standard InChI is InChI=1S/C11H7NO4/c13-11(14)10-6-8(12(15)16)5-7-3-1-2-4-9(7)10/h1-6H,(H,13,14)/p-1. The molecule has 0 aliphatic heterocycles. The van der Waals surface area contributed by atoms with Crippen LogP contribution in [0.2, 0.25) is 0 Å². The van der Waals surface area contributed by atoms with E-state index >= 15 is 0 Å². The third kappa shape index (κ3) is 1.58. The first-order valence-corrected chi connectivity index (χ1v) is 4.48. The second kappa shape index (κ2) is 3.62. The molecule has 0 fully saturated rings. The number of rotatable bonds is 2. The zero-order chi connectivity index (χ0) is 11.7. The van der Waals surface area contributed by atoms with E-state index < -0.39 is 10.9 Å². The van der Waals surface area contributed by atoms with Crippen LogP contribution in [0.4, 0.5) is 5.69 Å². The smallest absolute Gasteiger partial charge is 0.270 e. The number of benzene rings is 2. The molecule has 0 radical (unpaired) electrons. The van der Waals surface area contributed by atoms with Gasteiger partial charge in [0.05, 0.1) is 10.9 Å². The summed E-state index contributed by atoms with van der Waals surface area (Å²) in [5.74, 6) is -1.42. The Bertz CT molecular complexity index is 592. The lowest BCUT2D eigenvalue weighted by atomic mass is 10.0. The number of hydrogen-bond acceptors (Lipinski definition) is 4. The van der Waals surface area contributed by atoms with Crippen molar-refractivity contribution in [2.24, 2.45) is 0 Å². The highest BCUT2D eigenvalue weighted by atomic mass is 16.6. The maximum absolute atomic E-state index is 10.9. The summed E-state index contributed by atoms with van der Waals surface area (Å²) < 4.78 is 0. The summed E-state index contributed by atoms with van der Waals surface area (Å²) in [6.45, 7) is 0. The van der Waals surface area contributed by atoms with Gasteiger partial charge in [-0.15, -0.1) is 0 Å². The summed E-state index contributed by atoms with van der Waals surface area (Å²) in [6.07, 6.45) is 0. The van der Waals surface area contributed by atoms with Crippen LogP contribution >= 0.6 is 0 Å². The molecule has 0 heterocycles. The lowest BCUT2D eigenvalue weighted by Gasteiger charge is -2.07. The van der Waals surface area contributed by atoms with Gasteiger partial charge >= 0.3 is 0 Å². The molecule has 16 heavy (non-hydrogen) atoms. The molecule has 0 saturated heterocycles. The number of nitro benzene ring substituents is 1. The first kappa shape index (κ1) is 10.1. The number of nitrogens with zero attached hydrogens (tertiary/aromatic N) is 1. The quantitative estimate of drug-likeness (QED) is 0.556. The SMILES string of the molecule is O=C([O-])c1cc([N+](=O)[O-])cc2ccccc12. The van der Waals surface area contributed by atoms with Crippen LogP contribution in [-0.4, -0.2) is 10.9 Å². The Morgan fingerprint density at radius 1 is 1.19 bits per heavy atom. The molecule has 0 aliphatic carbocycles. The van der Waals surface area contributed by atoms with Crippen molar-refractivity contribution in [3.05, 3.63) is 52.1 Å². The normalized spacial score (nSPS) is 10.2. The number of carbonyl (C=O) groups is 1. The van der Waals surface area contributed by atoms with E-state index in [4.69, 9.17) is 0 Å². The van der Waals surface area contributed by atoms with Crippen molar-refractivity contribution in [3.63, 3.8) is 0 Å². The number of carboxylic acids is 1. The van der Waals surface area contributed by atoms with Crippen LogP contribution in [0.25, 0.3) is 10.8 Å². The molecule has 5 nitrogen and oxygen atoms in total. The first-order valence-electron chi connectivity index (χ1n) is 4.48. The van der Waals surface area contributed by atoms with Crippen LogP contribution in [0, 0.1) is 10.1 Å². The average molecular weight is 216 g/mol. The maximum Gasteiger partial charge on any atom is 0.270 e. The van der Waals surface area contributed by atoms with Gasteiger partial charge in [0.1, 0.15) is 0 Å². The fourth-order valence-corrected chi connectivity index (χ4v) is 1.57. The summed E-state index contributed by atoms with van der Waals surface area (Å²) in [7, 11) is 0. The molecule has 0 amide bonds. The number of hydrogen-bond donors (Lipinski definition) is 0. The van der Waals surface area contributed by atoms with Gasteiger partial charge < -0.3 is 9.90 Å². The molecule has 80 valence electrons. The van der Waals surface area contributed by atoms with Crippen LogP contribution in [0.1, 0.15) is 10.4 Å². The van der Waals surface area contributed by atoms with Crippen molar-refractivity contribution in [2.45, 2.75) is 0 Å². The van der Waals surface area contributed by atoms with E-state index in [9.17, 15) is 20.0 Å². The highest BCUT2D eigenvalue weighted by molar-refractivity contribution is 6.03. The minimum Gasteiger partial charge on any atom is -0.545 e. The molecule has 0 bridgehead atoms. The lowest BCUT2D eigenvalue weighted by Crippen LogP contribution is -2.22. The van der Waals surface area contributed by atoms with Crippen LogP contribution in [0.15, 0.2) is 36.4 Å². The van der Waals surface area contributed by atoms with Crippen molar-refractivity contribution < 1.29 is 14.8 Å². The molecule has 2 aromatic carbocycles. The summed E-state index contributed by atoms with van der Waals surface area (Å²) >= 11 is 0. The minimum atomic E-state index is -1.42. The van der Waals surface area contributed by atoms with Crippen molar-refractivity contribution >= 4 is 22.4 Å². The van der Waals surface area contributed by atoms with E-state index in [2.05, 4.69) is 0 Å². The molecule has 2 rings (SSSR count). The van der Waals surface area contributed by atoms with Crippen molar-refractivity contribution in [2.75, 3.05) is 0 Å². The van der Waals surface area contributed by atoms with E-state index in [-0.39, 0.29) is 11.3 Å². The molecule has 0 spiro atoms. The Hall–Kier alpha value is -2.43. The van der Waals surface area contributed by atoms with Crippen molar-refractivity contribution in [1.29, 1.82) is 0 Å². The zero-order valence-corrected chi connectivity index (χ0v) is 8.04. The number of aromatic carboxylic acids is 1. The second-order valence-corrected chi connectivity index (χ2v) is 3.26. The van der Waals surface area contributed by atoms with E-state index in [0.29, 0.717) is 10.8 Å². The van der Waals surface area contributed by atoms with Gasteiger partial charge in [-0.25, -0.2) is 0 Å². The monoisotopic (exact) mass is 216 g/mol. The summed E-state index contributed by atoms with van der Waals surface area (Å²) in [5, 5.41) is 22.4. The molecule has 0 atom stereocenters. The Labute approximate surface area is 90.1 Å². The van der Waals surface area contributed by atoms with Gasteiger partial charge in [-0.05, 0) is 10.8 Å². The zero-order valence-electron chi connectivity index (χ0n) is 8.04. The fourth-order valence-electron chi connectivity index (χ4n) is 1.57. The highest BCUT2D eigenvalue weighted by Crippen LogP contribution is 2.24. The van der Waals surface area contributed by atoms with Gasteiger partial charge in [0.2, 0.25) is 0 Å². The highest BCUT2D eigenvalue weighted by Gasteiger charge is 2.11. The number of nitro groups is 1. The molecule has 0 aliphatic rings. The Kier molecular flexibility index (Phi) is 2.28. The van der Waals surface area contributed by atoms with Crippen LogP contribution in [0.5, 0.6) is 0 Å². The van der Waals surface area contributed by atoms with Crippen LogP contribution < -0.4 is 5.11 Å². The molecule has 2 aromatic rings. The van der Waals surface area contributed by atoms with Gasteiger partial charge in [-0.1, -0.05) is 24.3 Å². The molecule has 5 heteroatoms. The topological polar surface area (TPSA) is 83.3 Å². The van der Waals surface area contributed by atoms with Crippen molar-refractivity contribution in [3.8, 4) is 0 Å². The first-order chi connectivity index (χ1) is 7.59. The fraction of sp³-hybridized carbons (Fsp3) is 0. The number of carboxylic acid groups (broad SMARTS) is 1. The predicted octanol–water partition coefficient (Wildman–Crippen LogP) is 1.11. The average Bonchev–Trinajstić information content (AvgIpc) is 2.27. The Morgan fingerprint density at radius 2 is 1.88 bits per heavy atom. The number of fused-ring (bicyclic) bond motifs is 1. The molecule has 0 saturated carbocycles.